The fourth-order valence-corrected chi connectivity index (χ4v) is 1.33. The number of halogens is 1. The molecule has 0 atom stereocenters. The van der Waals surface area contributed by atoms with Gasteiger partial charge in [-0.2, -0.15) is 4.39 Å². The summed E-state index contributed by atoms with van der Waals surface area (Å²) >= 11 is 0. The molecule has 1 aromatic heterocycles. The average Bonchev–Trinajstić information content (AvgIpc) is 2.01. The third kappa shape index (κ3) is 3.28. The highest BCUT2D eigenvalue weighted by molar-refractivity contribution is 5.35. The molecule has 14 heavy (non-hydrogen) atoms. The van der Waals surface area contributed by atoms with Crippen LogP contribution < -0.4 is 4.90 Å². The Hall–Kier alpha value is -1.19. The van der Waals surface area contributed by atoms with E-state index < -0.39 is 5.95 Å². The number of rotatable bonds is 2. The van der Waals surface area contributed by atoms with Gasteiger partial charge in [-0.1, -0.05) is 20.8 Å². The maximum absolute atomic E-state index is 12.8. The number of hydrogen-bond acceptors (Lipinski definition) is 3. The Morgan fingerprint density at radius 2 is 2.00 bits per heavy atom. The standard InChI is InChI=1S/C10H16FN3/c1-10(2,3)6-14(4)9-5-8(11)12-7-13-9/h5,7H,6H2,1-4H3. The van der Waals surface area contributed by atoms with E-state index >= 15 is 0 Å². The van der Waals surface area contributed by atoms with E-state index in [1.165, 1.54) is 12.4 Å². The van der Waals surface area contributed by atoms with Crippen LogP contribution in [0.4, 0.5) is 10.2 Å². The largest absolute Gasteiger partial charge is 0.359 e. The quantitative estimate of drug-likeness (QED) is 0.680. The fourth-order valence-electron chi connectivity index (χ4n) is 1.33. The summed E-state index contributed by atoms with van der Waals surface area (Å²) in [5, 5.41) is 0. The number of anilines is 1. The molecule has 1 aromatic rings. The van der Waals surface area contributed by atoms with Crippen LogP contribution in [0.25, 0.3) is 0 Å². The Bertz CT molecular complexity index is 306. The second kappa shape index (κ2) is 3.90. The molecule has 0 fully saturated rings. The summed E-state index contributed by atoms with van der Waals surface area (Å²) in [5.41, 5.74) is 0.163. The lowest BCUT2D eigenvalue weighted by atomic mass is 9.96. The molecule has 0 aliphatic heterocycles. The minimum absolute atomic E-state index is 0.163. The van der Waals surface area contributed by atoms with E-state index in [4.69, 9.17) is 0 Å². The van der Waals surface area contributed by atoms with Crippen molar-refractivity contribution in [3.63, 3.8) is 0 Å². The maximum atomic E-state index is 12.8. The molecule has 0 N–H and O–H groups in total. The molecule has 0 aromatic carbocycles. The topological polar surface area (TPSA) is 29.0 Å². The van der Waals surface area contributed by atoms with E-state index in [2.05, 4.69) is 30.7 Å². The van der Waals surface area contributed by atoms with Crippen LogP contribution >= 0.6 is 0 Å². The molecule has 0 aliphatic rings. The van der Waals surface area contributed by atoms with Gasteiger partial charge in [0.2, 0.25) is 5.95 Å². The van der Waals surface area contributed by atoms with Crippen molar-refractivity contribution in [2.75, 3.05) is 18.5 Å². The molecule has 0 amide bonds. The second-order valence-electron chi connectivity index (χ2n) is 4.62. The smallest absolute Gasteiger partial charge is 0.218 e. The van der Waals surface area contributed by atoms with Crippen molar-refractivity contribution >= 4 is 5.82 Å². The summed E-state index contributed by atoms with van der Waals surface area (Å²) in [5.74, 6) is 0.128. The van der Waals surface area contributed by atoms with Crippen LogP contribution in [0.5, 0.6) is 0 Å². The third-order valence-corrected chi connectivity index (χ3v) is 1.72. The van der Waals surface area contributed by atoms with E-state index in [0.717, 1.165) is 6.54 Å². The highest BCUT2D eigenvalue weighted by Crippen LogP contribution is 2.18. The predicted molar refractivity (Wildman–Crippen MR) is 54.7 cm³/mol. The summed E-state index contributed by atoms with van der Waals surface area (Å²) in [6.07, 6.45) is 1.24. The van der Waals surface area contributed by atoms with Crippen LogP contribution in [0.1, 0.15) is 20.8 Å². The van der Waals surface area contributed by atoms with Gasteiger partial charge in [-0.15, -0.1) is 0 Å². The van der Waals surface area contributed by atoms with Gasteiger partial charge >= 0.3 is 0 Å². The van der Waals surface area contributed by atoms with Crippen molar-refractivity contribution in [2.24, 2.45) is 5.41 Å². The molecule has 0 unspecified atom stereocenters. The maximum Gasteiger partial charge on any atom is 0.218 e. The van der Waals surface area contributed by atoms with E-state index in [0.29, 0.717) is 5.82 Å². The first-order chi connectivity index (χ1) is 6.38. The third-order valence-electron chi connectivity index (χ3n) is 1.72. The van der Waals surface area contributed by atoms with Crippen LogP contribution in [0.15, 0.2) is 12.4 Å². The van der Waals surface area contributed by atoms with Crippen LogP contribution in [-0.2, 0) is 0 Å². The zero-order chi connectivity index (χ0) is 10.8. The Morgan fingerprint density at radius 3 is 2.50 bits per heavy atom. The van der Waals surface area contributed by atoms with Crippen molar-refractivity contribution in [1.82, 2.24) is 9.97 Å². The molecule has 0 spiro atoms. The highest BCUT2D eigenvalue weighted by atomic mass is 19.1. The van der Waals surface area contributed by atoms with Gasteiger partial charge in [-0.25, -0.2) is 9.97 Å². The van der Waals surface area contributed by atoms with Gasteiger partial charge in [-0.05, 0) is 5.41 Å². The number of nitrogens with zero attached hydrogens (tertiary/aromatic N) is 3. The molecule has 1 rings (SSSR count). The Morgan fingerprint density at radius 1 is 1.36 bits per heavy atom. The molecule has 0 aliphatic carbocycles. The molecule has 0 bridgehead atoms. The predicted octanol–water partition coefficient (Wildman–Crippen LogP) is 2.10. The number of aromatic nitrogens is 2. The summed E-state index contributed by atoms with van der Waals surface area (Å²) < 4.78 is 12.8. The minimum atomic E-state index is -0.490. The van der Waals surface area contributed by atoms with E-state index in [1.54, 1.807) is 0 Å². The molecule has 0 saturated heterocycles. The van der Waals surface area contributed by atoms with E-state index in [1.807, 2.05) is 11.9 Å². The van der Waals surface area contributed by atoms with Crippen LogP contribution in [0.3, 0.4) is 0 Å². The molecular weight excluding hydrogens is 181 g/mol. The normalized spacial score (nSPS) is 11.5. The van der Waals surface area contributed by atoms with Gasteiger partial charge in [0.05, 0.1) is 0 Å². The lowest BCUT2D eigenvalue weighted by Crippen LogP contribution is -2.29. The van der Waals surface area contributed by atoms with Gasteiger partial charge < -0.3 is 4.90 Å². The van der Waals surface area contributed by atoms with Gasteiger partial charge in [0.1, 0.15) is 12.1 Å². The molecular formula is C10H16FN3. The first kappa shape index (κ1) is 10.9. The van der Waals surface area contributed by atoms with Crippen molar-refractivity contribution in [2.45, 2.75) is 20.8 Å². The fraction of sp³-hybridized carbons (Fsp3) is 0.600. The van der Waals surface area contributed by atoms with Crippen LogP contribution in [0, 0.1) is 11.4 Å². The summed E-state index contributed by atoms with van der Waals surface area (Å²) in [7, 11) is 1.90. The Balaban J connectivity index is 2.74. The van der Waals surface area contributed by atoms with Crippen LogP contribution in [-0.4, -0.2) is 23.6 Å². The minimum Gasteiger partial charge on any atom is -0.359 e. The summed E-state index contributed by atoms with van der Waals surface area (Å²) in [4.78, 5) is 9.33. The molecule has 4 heteroatoms. The highest BCUT2D eigenvalue weighted by Gasteiger charge is 2.14. The number of hydrogen-bond donors (Lipinski definition) is 0. The van der Waals surface area contributed by atoms with Gasteiger partial charge in [0, 0.05) is 19.7 Å². The zero-order valence-corrected chi connectivity index (χ0v) is 9.08. The monoisotopic (exact) mass is 197 g/mol. The zero-order valence-electron chi connectivity index (χ0n) is 9.08. The Kier molecular flexibility index (Phi) is 3.03. The molecule has 3 nitrogen and oxygen atoms in total. The molecule has 0 saturated carbocycles. The second-order valence-corrected chi connectivity index (χ2v) is 4.62. The average molecular weight is 197 g/mol. The SMILES string of the molecule is CN(CC(C)(C)C)c1cc(F)ncn1. The Labute approximate surface area is 84.0 Å². The summed E-state index contributed by atoms with van der Waals surface area (Å²) in [6, 6.07) is 1.34. The van der Waals surface area contributed by atoms with Gasteiger partial charge in [-0.3, -0.25) is 0 Å². The van der Waals surface area contributed by atoms with Crippen molar-refractivity contribution in [1.29, 1.82) is 0 Å². The van der Waals surface area contributed by atoms with Crippen molar-refractivity contribution in [3.8, 4) is 0 Å². The van der Waals surface area contributed by atoms with E-state index in [-0.39, 0.29) is 5.41 Å². The molecule has 0 radical (unpaired) electrons. The first-order valence-electron chi connectivity index (χ1n) is 4.57. The van der Waals surface area contributed by atoms with Crippen molar-refractivity contribution in [3.05, 3.63) is 18.3 Å². The summed E-state index contributed by atoms with van der Waals surface area (Å²) in [6.45, 7) is 7.20. The van der Waals surface area contributed by atoms with Crippen molar-refractivity contribution < 1.29 is 4.39 Å². The van der Waals surface area contributed by atoms with E-state index in [9.17, 15) is 4.39 Å². The molecule has 1 heterocycles. The molecule has 78 valence electrons. The van der Waals surface area contributed by atoms with Gasteiger partial charge in [0.25, 0.3) is 0 Å². The lowest BCUT2D eigenvalue weighted by molar-refractivity contribution is 0.417. The van der Waals surface area contributed by atoms with Gasteiger partial charge in [0.15, 0.2) is 0 Å². The van der Waals surface area contributed by atoms with Crippen LogP contribution in [0.2, 0.25) is 0 Å². The lowest BCUT2D eigenvalue weighted by Gasteiger charge is -2.27. The first-order valence-corrected chi connectivity index (χ1v) is 4.57.